The van der Waals surface area contributed by atoms with Crippen LogP contribution in [0.5, 0.6) is 0 Å². The van der Waals surface area contributed by atoms with Gasteiger partial charge in [-0.3, -0.25) is 4.57 Å². The highest BCUT2D eigenvalue weighted by molar-refractivity contribution is 6.13. The number of para-hydroxylation sites is 5. The van der Waals surface area contributed by atoms with Gasteiger partial charge in [-0.05, 0) is 54.8 Å². The lowest BCUT2D eigenvalue weighted by molar-refractivity contribution is 0.497. The standard InChI is InChI=1S/C44H41N5O/c1-26-15-11-16-27(2)36(26)49-35-24-10-9-23-34(35)45-40(49)33-22-14-21-32-31-20-13-19-30(37(31)50-38(32)33)28-17-12-18-29(25-28)39-46-41(43(3,4)5)48-42(47-39)44(6,7)8/h9-25H,1-8H3. The van der Waals surface area contributed by atoms with Crippen molar-refractivity contribution in [3.63, 3.8) is 0 Å². The van der Waals surface area contributed by atoms with Crippen LogP contribution < -0.4 is 0 Å². The first-order valence-corrected chi connectivity index (χ1v) is 17.2. The number of furan rings is 1. The maximum absolute atomic E-state index is 6.95. The van der Waals surface area contributed by atoms with E-state index < -0.39 is 0 Å². The van der Waals surface area contributed by atoms with Gasteiger partial charge in [0.25, 0.3) is 0 Å². The molecule has 50 heavy (non-hydrogen) atoms. The highest BCUT2D eigenvalue weighted by Gasteiger charge is 2.26. The minimum absolute atomic E-state index is 0.217. The smallest absolute Gasteiger partial charge is 0.163 e. The Balaban J connectivity index is 1.33. The maximum atomic E-state index is 6.95. The van der Waals surface area contributed by atoms with E-state index in [0.717, 1.165) is 78.4 Å². The van der Waals surface area contributed by atoms with Crippen LogP contribution in [0.1, 0.15) is 64.3 Å². The van der Waals surface area contributed by atoms with Gasteiger partial charge in [-0.15, -0.1) is 0 Å². The van der Waals surface area contributed by atoms with Gasteiger partial charge in [0.2, 0.25) is 0 Å². The minimum Gasteiger partial charge on any atom is -0.455 e. The van der Waals surface area contributed by atoms with E-state index in [0.29, 0.717) is 5.82 Å². The summed E-state index contributed by atoms with van der Waals surface area (Å²) in [4.78, 5) is 20.1. The summed E-state index contributed by atoms with van der Waals surface area (Å²) < 4.78 is 9.24. The number of aromatic nitrogens is 5. The summed E-state index contributed by atoms with van der Waals surface area (Å²) in [7, 11) is 0. The second-order valence-electron chi connectivity index (χ2n) is 15.4. The molecule has 6 heteroatoms. The fraction of sp³-hybridized carbons (Fsp3) is 0.227. The Labute approximate surface area is 292 Å². The molecule has 8 aromatic rings. The van der Waals surface area contributed by atoms with Crippen molar-refractivity contribution in [2.75, 3.05) is 0 Å². The molecule has 0 atom stereocenters. The summed E-state index contributed by atoms with van der Waals surface area (Å²) >= 11 is 0. The maximum Gasteiger partial charge on any atom is 0.163 e. The van der Waals surface area contributed by atoms with Crippen LogP contribution in [-0.4, -0.2) is 24.5 Å². The molecule has 6 nitrogen and oxygen atoms in total. The van der Waals surface area contributed by atoms with Crippen molar-refractivity contribution in [2.24, 2.45) is 0 Å². The first kappa shape index (κ1) is 31.6. The molecule has 0 unspecified atom stereocenters. The topological polar surface area (TPSA) is 69.6 Å². The Morgan fingerprint density at radius 3 is 1.76 bits per heavy atom. The van der Waals surface area contributed by atoms with Gasteiger partial charge in [0.1, 0.15) is 28.6 Å². The lowest BCUT2D eigenvalue weighted by Gasteiger charge is -2.22. The molecule has 0 bridgehead atoms. The van der Waals surface area contributed by atoms with Crippen molar-refractivity contribution in [2.45, 2.75) is 66.2 Å². The van der Waals surface area contributed by atoms with Crippen LogP contribution >= 0.6 is 0 Å². The molecule has 0 aliphatic rings. The van der Waals surface area contributed by atoms with Crippen molar-refractivity contribution in [1.82, 2.24) is 24.5 Å². The number of rotatable bonds is 4. The van der Waals surface area contributed by atoms with Gasteiger partial charge in [0, 0.05) is 32.7 Å². The fourth-order valence-electron chi connectivity index (χ4n) is 6.82. The molecule has 5 aromatic carbocycles. The third-order valence-corrected chi connectivity index (χ3v) is 9.40. The zero-order valence-electron chi connectivity index (χ0n) is 30.0. The summed E-state index contributed by atoms with van der Waals surface area (Å²) in [6.45, 7) is 17.2. The Hall–Kier alpha value is -5.62. The van der Waals surface area contributed by atoms with Crippen molar-refractivity contribution in [3.8, 4) is 39.6 Å². The minimum atomic E-state index is -0.217. The zero-order chi connectivity index (χ0) is 34.9. The highest BCUT2D eigenvalue weighted by Crippen LogP contribution is 2.42. The van der Waals surface area contributed by atoms with Gasteiger partial charge in [0.05, 0.1) is 22.3 Å². The number of hydrogen-bond acceptors (Lipinski definition) is 5. The summed E-state index contributed by atoms with van der Waals surface area (Å²) in [6.07, 6.45) is 0. The molecule has 0 saturated carbocycles. The zero-order valence-corrected chi connectivity index (χ0v) is 30.0. The second-order valence-corrected chi connectivity index (χ2v) is 15.4. The van der Waals surface area contributed by atoms with E-state index in [1.54, 1.807) is 0 Å². The summed E-state index contributed by atoms with van der Waals surface area (Å²) in [5.74, 6) is 3.12. The molecule has 8 rings (SSSR count). The van der Waals surface area contributed by atoms with Gasteiger partial charge in [0.15, 0.2) is 5.82 Å². The fourth-order valence-corrected chi connectivity index (χ4v) is 6.82. The molecule has 0 aliphatic carbocycles. The predicted octanol–water partition coefficient (Wildman–Crippen LogP) is 11.3. The lowest BCUT2D eigenvalue weighted by Crippen LogP contribution is -2.24. The summed E-state index contributed by atoms with van der Waals surface area (Å²) in [5, 5.41) is 2.11. The molecule has 0 aliphatic heterocycles. The van der Waals surface area contributed by atoms with Crippen molar-refractivity contribution >= 4 is 33.0 Å². The number of hydrogen-bond donors (Lipinski definition) is 0. The van der Waals surface area contributed by atoms with Crippen LogP contribution in [0.4, 0.5) is 0 Å². The average molecular weight is 656 g/mol. The molecule has 3 heterocycles. The van der Waals surface area contributed by atoms with E-state index in [1.807, 2.05) is 6.07 Å². The third-order valence-electron chi connectivity index (χ3n) is 9.40. The number of imidazole rings is 1. The molecule has 0 amide bonds. The van der Waals surface area contributed by atoms with Crippen molar-refractivity contribution in [1.29, 1.82) is 0 Å². The van der Waals surface area contributed by atoms with Crippen LogP contribution in [-0.2, 0) is 10.8 Å². The molecule has 0 N–H and O–H groups in total. The largest absolute Gasteiger partial charge is 0.455 e. The van der Waals surface area contributed by atoms with Gasteiger partial charge in [-0.2, -0.15) is 0 Å². The van der Waals surface area contributed by atoms with Gasteiger partial charge in [-0.25, -0.2) is 19.9 Å². The van der Waals surface area contributed by atoms with E-state index in [9.17, 15) is 0 Å². The number of nitrogens with zero attached hydrogens (tertiary/aromatic N) is 5. The number of fused-ring (bicyclic) bond motifs is 4. The predicted molar refractivity (Wildman–Crippen MR) is 205 cm³/mol. The van der Waals surface area contributed by atoms with Gasteiger partial charge < -0.3 is 4.42 Å². The quantitative estimate of drug-likeness (QED) is 0.189. The van der Waals surface area contributed by atoms with Crippen LogP contribution in [0.25, 0.3) is 72.6 Å². The number of aryl methyl sites for hydroxylation is 2. The van der Waals surface area contributed by atoms with Crippen LogP contribution in [0.15, 0.2) is 108 Å². The molecule has 0 fully saturated rings. The molecular formula is C44H41N5O. The first-order valence-electron chi connectivity index (χ1n) is 17.2. The molecule has 3 aromatic heterocycles. The van der Waals surface area contributed by atoms with E-state index >= 15 is 0 Å². The highest BCUT2D eigenvalue weighted by atomic mass is 16.3. The van der Waals surface area contributed by atoms with E-state index in [1.165, 1.54) is 11.1 Å². The SMILES string of the molecule is Cc1cccc(C)c1-n1c(-c2cccc3c2oc2c(-c4cccc(-c5nc(C(C)(C)C)nc(C(C)(C)C)n5)c4)cccc23)nc2ccccc21. The van der Waals surface area contributed by atoms with E-state index in [4.69, 9.17) is 24.4 Å². The Bertz CT molecular complexity index is 2540. The monoisotopic (exact) mass is 655 g/mol. The molecule has 0 spiro atoms. The molecular weight excluding hydrogens is 615 g/mol. The van der Waals surface area contributed by atoms with Crippen molar-refractivity contribution in [3.05, 3.63) is 126 Å². The Morgan fingerprint density at radius 2 is 1.10 bits per heavy atom. The van der Waals surface area contributed by atoms with E-state index in [-0.39, 0.29) is 10.8 Å². The van der Waals surface area contributed by atoms with Crippen LogP contribution in [0.3, 0.4) is 0 Å². The van der Waals surface area contributed by atoms with Crippen LogP contribution in [0.2, 0.25) is 0 Å². The molecule has 0 saturated heterocycles. The summed E-state index contributed by atoms with van der Waals surface area (Å²) in [6, 6.07) is 36.0. The van der Waals surface area contributed by atoms with Gasteiger partial charge in [-0.1, -0.05) is 120 Å². The third kappa shape index (κ3) is 5.27. The summed E-state index contributed by atoms with van der Waals surface area (Å²) in [5.41, 5.74) is 10.7. The Kier molecular flexibility index (Phi) is 7.26. The first-order chi connectivity index (χ1) is 23.9. The lowest BCUT2D eigenvalue weighted by atomic mass is 9.92. The van der Waals surface area contributed by atoms with Gasteiger partial charge >= 0.3 is 0 Å². The normalized spacial score (nSPS) is 12.4. The average Bonchev–Trinajstić information content (AvgIpc) is 3.66. The second kappa shape index (κ2) is 11.5. The van der Waals surface area contributed by atoms with E-state index in [2.05, 4.69) is 157 Å². The molecule has 248 valence electrons. The Morgan fingerprint density at radius 1 is 0.540 bits per heavy atom. The molecule has 0 radical (unpaired) electrons. The van der Waals surface area contributed by atoms with Crippen molar-refractivity contribution < 1.29 is 4.42 Å². The number of benzene rings is 5. The van der Waals surface area contributed by atoms with Crippen LogP contribution in [0, 0.1) is 13.8 Å².